The predicted octanol–water partition coefficient (Wildman–Crippen LogP) is 0.102. The minimum atomic E-state index is -0.468. The lowest BCUT2D eigenvalue weighted by Gasteiger charge is -2.20. The second-order valence-corrected chi connectivity index (χ2v) is 6.01. The number of amides is 2. The first-order chi connectivity index (χ1) is 9.73. The molecule has 0 saturated carbocycles. The maximum Gasteiger partial charge on any atom is 0.241 e. The van der Waals surface area contributed by atoms with Gasteiger partial charge in [0.15, 0.2) is 0 Å². The second kappa shape index (κ2) is 7.21. The fourth-order valence-electron chi connectivity index (χ4n) is 1.92. The zero-order chi connectivity index (χ0) is 16.0. The molecule has 1 heterocycles. The van der Waals surface area contributed by atoms with Crippen LogP contribution in [0.15, 0.2) is 12.4 Å². The third kappa shape index (κ3) is 5.95. The molecule has 0 aromatic carbocycles. The molecular formula is C14H25N5O2. The van der Waals surface area contributed by atoms with Gasteiger partial charge in [0, 0.05) is 37.3 Å². The van der Waals surface area contributed by atoms with E-state index < -0.39 is 6.04 Å². The highest BCUT2D eigenvalue weighted by atomic mass is 16.2. The number of carbonyl (C=O) groups excluding carboxylic acids is 2. The van der Waals surface area contributed by atoms with E-state index in [1.807, 2.05) is 20.8 Å². The molecule has 0 saturated heterocycles. The van der Waals surface area contributed by atoms with Crippen molar-refractivity contribution >= 4 is 11.8 Å². The Hall–Kier alpha value is -1.89. The molecule has 2 amide bonds. The van der Waals surface area contributed by atoms with Crippen LogP contribution < -0.4 is 16.0 Å². The van der Waals surface area contributed by atoms with Crippen LogP contribution in [0.25, 0.3) is 0 Å². The molecule has 7 nitrogen and oxygen atoms in total. The van der Waals surface area contributed by atoms with Gasteiger partial charge in [0.1, 0.15) is 6.04 Å². The number of aryl methyl sites for hydroxylation is 1. The minimum absolute atomic E-state index is 0.0785. The van der Waals surface area contributed by atoms with Crippen LogP contribution in [0.2, 0.25) is 0 Å². The first-order valence-corrected chi connectivity index (χ1v) is 6.97. The van der Waals surface area contributed by atoms with E-state index in [0.717, 1.165) is 5.56 Å². The van der Waals surface area contributed by atoms with Crippen molar-refractivity contribution in [3.05, 3.63) is 18.0 Å². The average molecular weight is 295 g/mol. The number of rotatable bonds is 6. The van der Waals surface area contributed by atoms with Crippen molar-refractivity contribution in [2.75, 3.05) is 13.6 Å². The normalized spacial score (nSPS) is 12.8. The van der Waals surface area contributed by atoms with Crippen molar-refractivity contribution in [2.24, 2.45) is 7.05 Å². The van der Waals surface area contributed by atoms with Gasteiger partial charge in [0.2, 0.25) is 11.8 Å². The molecule has 0 spiro atoms. The molecule has 1 aromatic rings. The number of carbonyl (C=O) groups is 2. The average Bonchev–Trinajstić information content (AvgIpc) is 2.74. The van der Waals surface area contributed by atoms with Gasteiger partial charge in [-0.3, -0.25) is 14.3 Å². The first kappa shape index (κ1) is 17.2. The molecule has 1 rings (SSSR count). The van der Waals surface area contributed by atoms with E-state index in [9.17, 15) is 9.59 Å². The highest BCUT2D eigenvalue weighted by Gasteiger charge is 2.20. The van der Waals surface area contributed by atoms with E-state index in [4.69, 9.17) is 0 Å². The van der Waals surface area contributed by atoms with Gasteiger partial charge in [-0.2, -0.15) is 5.10 Å². The summed E-state index contributed by atoms with van der Waals surface area (Å²) in [7, 11) is 3.51. The van der Waals surface area contributed by atoms with Gasteiger partial charge in [-0.15, -0.1) is 0 Å². The largest absolute Gasteiger partial charge is 0.354 e. The predicted molar refractivity (Wildman–Crippen MR) is 80.5 cm³/mol. The van der Waals surface area contributed by atoms with Gasteiger partial charge in [0.05, 0.1) is 6.20 Å². The van der Waals surface area contributed by atoms with Gasteiger partial charge in [-0.1, -0.05) is 0 Å². The lowest BCUT2D eigenvalue weighted by atomic mass is 10.1. The Labute approximate surface area is 125 Å². The summed E-state index contributed by atoms with van der Waals surface area (Å²) in [6.07, 6.45) is 3.69. The molecule has 0 aliphatic heterocycles. The molecule has 1 aromatic heterocycles. The first-order valence-electron chi connectivity index (χ1n) is 6.97. The quantitative estimate of drug-likeness (QED) is 0.694. The van der Waals surface area contributed by atoms with Crippen molar-refractivity contribution in [2.45, 2.75) is 38.8 Å². The van der Waals surface area contributed by atoms with Crippen LogP contribution in [0.5, 0.6) is 0 Å². The summed E-state index contributed by atoms with van der Waals surface area (Å²) in [5.41, 5.74) is 0.529. The minimum Gasteiger partial charge on any atom is -0.354 e. The van der Waals surface area contributed by atoms with E-state index in [0.29, 0.717) is 6.54 Å². The standard InChI is InChI=1S/C14H25N5O2/c1-14(2,3)18-11(20)6-7-16-13(21)12(15-4)10-8-17-19(5)9-10/h8-9,12,15H,6-7H2,1-5H3,(H,16,21)(H,18,20). The number of hydrogen-bond acceptors (Lipinski definition) is 4. The molecule has 0 aliphatic rings. The van der Waals surface area contributed by atoms with Crippen molar-refractivity contribution < 1.29 is 9.59 Å². The number of hydrogen-bond donors (Lipinski definition) is 3. The Morgan fingerprint density at radius 3 is 2.52 bits per heavy atom. The fourth-order valence-corrected chi connectivity index (χ4v) is 1.92. The van der Waals surface area contributed by atoms with Crippen LogP contribution in [0.1, 0.15) is 38.8 Å². The molecule has 0 aliphatic carbocycles. The molecule has 3 N–H and O–H groups in total. The number of nitrogens with one attached hydrogen (secondary N) is 3. The van der Waals surface area contributed by atoms with Gasteiger partial charge >= 0.3 is 0 Å². The van der Waals surface area contributed by atoms with Gasteiger partial charge in [-0.25, -0.2) is 0 Å². The Kier molecular flexibility index (Phi) is 5.90. The lowest BCUT2D eigenvalue weighted by Crippen LogP contribution is -2.43. The molecule has 7 heteroatoms. The molecule has 0 radical (unpaired) electrons. The smallest absolute Gasteiger partial charge is 0.241 e. The molecule has 0 fully saturated rings. The molecule has 1 atom stereocenters. The Morgan fingerprint density at radius 2 is 2.05 bits per heavy atom. The topological polar surface area (TPSA) is 88.1 Å². The fraction of sp³-hybridized carbons (Fsp3) is 0.643. The van der Waals surface area contributed by atoms with Crippen LogP contribution in [0.4, 0.5) is 0 Å². The summed E-state index contributed by atoms with van der Waals surface area (Å²) in [5.74, 6) is -0.251. The summed E-state index contributed by atoms with van der Waals surface area (Å²) >= 11 is 0. The number of aromatic nitrogens is 2. The summed E-state index contributed by atoms with van der Waals surface area (Å²) in [6, 6.07) is -0.468. The zero-order valence-corrected chi connectivity index (χ0v) is 13.4. The number of likely N-dealkylation sites (N-methyl/N-ethyl adjacent to an activating group) is 1. The number of nitrogens with zero attached hydrogens (tertiary/aromatic N) is 2. The molecule has 1 unspecified atom stereocenters. The molecule has 0 bridgehead atoms. The Bertz CT molecular complexity index is 490. The monoisotopic (exact) mass is 295 g/mol. The van der Waals surface area contributed by atoms with Crippen molar-refractivity contribution in [3.63, 3.8) is 0 Å². The highest BCUT2D eigenvalue weighted by molar-refractivity contribution is 5.84. The van der Waals surface area contributed by atoms with Crippen molar-refractivity contribution in [1.82, 2.24) is 25.7 Å². The Morgan fingerprint density at radius 1 is 1.38 bits per heavy atom. The summed E-state index contributed by atoms with van der Waals surface area (Å²) in [5, 5.41) is 12.6. The molecular weight excluding hydrogens is 270 g/mol. The van der Waals surface area contributed by atoms with Gasteiger partial charge in [-0.05, 0) is 27.8 Å². The SMILES string of the molecule is CNC(C(=O)NCCC(=O)NC(C)(C)C)c1cnn(C)c1. The van der Waals surface area contributed by atoms with Gasteiger partial charge < -0.3 is 16.0 Å². The van der Waals surface area contributed by atoms with E-state index in [1.54, 1.807) is 31.2 Å². The van der Waals surface area contributed by atoms with Crippen molar-refractivity contribution in [1.29, 1.82) is 0 Å². The van der Waals surface area contributed by atoms with E-state index in [2.05, 4.69) is 21.0 Å². The Balaban J connectivity index is 2.44. The highest BCUT2D eigenvalue weighted by Crippen LogP contribution is 2.10. The van der Waals surface area contributed by atoms with Crippen molar-refractivity contribution in [3.8, 4) is 0 Å². The molecule has 21 heavy (non-hydrogen) atoms. The third-order valence-electron chi connectivity index (χ3n) is 2.77. The maximum absolute atomic E-state index is 12.1. The second-order valence-electron chi connectivity index (χ2n) is 6.01. The van der Waals surface area contributed by atoms with Crippen LogP contribution in [0, 0.1) is 0 Å². The zero-order valence-electron chi connectivity index (χ0n) is 13.4. The third-order valence-corrected chi connectivity index (χ3v) is 2.77. The van der Waals surface area contributed by atoms with Crippen LogP contribution in [-0.2, 0) is 16.6 Å². The maximum atomic E-state index is 12.1. The summed E-state index contributed by atoms with van der Waals surface area (Å²) in [6.45, 7) is 6.06. The summed E-state index contributed by atoms with van der Waals surface area (Å²) < 4.78 is 1.64. The van der Waals surface area contributed by atoms with E-state index >= 15 is 0 Å². The lowest BCUT2D eigenvalue weighted by molar-refractivity contribution is -0.124. The summed E-state index contributed by atoms with van der Waals surface area (Å²) in [4.78, 5) is 23.8. The van der Waals surface area contributed by atoms with Crippen LogP contribution in [-0.4, -0.2) is 40.7 Å². The van der Waals surface area contributed by atoms with Gasteiger partial charge in [0.25, 0.3) is 0 Å². The molecule has 118 valence electrons. The van der Waals surface area contributed by atoms with Crippen LogP contribution >= 0.6 is 0 Å². The van der Waals surface area contributed by atoms with E-state index in [1.165, 1.54) is 0 Å². The van der Waals surface area contributed by atoms with E-state index in [-0.39, 0.29) is 23.8 Å². The van der Waals surface area contributed by atoms with Crippen LogP contribution in [0.3, 0.4) is 0 Å².